The van der Waals surface area contributed by atoms with Crippen molar-refractivity contribution in [2.75, 3.05) is 25.5 Å². The van der Waals surface area contributed by atoms with Crippen LogP contribution in [0.5, 0.6) is 5.75 Å². The average Bonchev–Trinajstić information content (AvgIpc) is 2.97. The van der Waals surface area contributed by atoms with Crippen molar-refractivity contribution in [1.82, 2.24) is 9.97 Å². The van der Waals surface area contributed by atoms with E-state index < -0.39 is 0 Å². The Morgan fingerprint density at radius 1 is 1.24 bits per heavy atom. The van der Waals surface area contributed by atoms with E-state index in [4.69, 9.17) is 10.5 Å². The summed E-state index contributed by atoms with van der Waals surface area (Å²) in [6.45, 7) is 1.25. The van der Waals surface area contributed by atoms with Crippen LogP contribution in [0.25, 0.3) is 21.3 Å². The van der Waals surface area contributed by atoms with E-state index in [-0.39, 0.29) is 0 Å². The molecule has 0 radical (unpaired) electrons. The zero-order valence-corrected chi connectivity index (χ0v) is 12.5. The molecular formula is C15H16N4OS. The molecule has 0 atom stereocenters. The lowest BCUT2D eigenvalue weighted by atomic mass is 10.1. The number of fused-ring (bicyclic) bond motifs is 1. The molecule has 0 unspecified atom stereocenters. The lowest BCUT2D eigenvalue weighted by Gasteiger charge is -2.07. The number of methoxy groups -OCH3 is 1. The van der Waals surface area contributed by atoms with Gasteiger partial charge in [-0.1, -0.05) is 12.1 Å². The van der Waals surface area contributed by atoms with Gasteiger partial charge < -0.3 is 15.8 Å². The molecule has 0 spiro atoms. The Morgan fingerprint density at radius 3 is 2.76 bits per heavy atom. The zero-order valence-electron chi connectivity index (χ0n) is 11.7. The van der Waals surface area contributed by atoms with Crippen molar-refractivity contribution >= 4 is 27.4 Å². The molecular weight excluding hydrogens is 284 g/mol. The minimum atomic E-state index is 0.563. The van der Waals surface area contributed by atoms with E-state index in [1.54, 1.807) is 24.8 Å². The lowest BCUT2D eigenvalue weighted by molar-refractivity contribution is 0.415. The van der Waals surface area contributed by atoms with Gasteiger partial charge in [0.25, 0.3) is 0 Å². The van der Waals surface area contributed by atoms with Gasteiger partial charge in [-0.15, -0.1) is 11.3 Å². The van der Waals surface area contributed by atoms with E-state index in [2.05, 4.69) is 20.7 Å². The quantitative estimate of drug-likeness (QED) is 0.758. The molecule has 3 rings (SSSR count). The third kappa shape index (κ3) is 2.68. The molecule has 5 nitrogen and oxygen atoms in total. The highest BCUT2D eigenvalue weighted by molar-refractivity contribution is 7.17. The summed E-state index contributed by atoms with van der Waals surface area (Å²) in [5, 5.41) is 6.41. The van der Waals surface area contributed by atoms with Gasteiger partial charge in [0.05, 0.1) is 12.5 Å². The SMILES string of the molecule is COc1ccc(-c2csc3ncnc(NCCN)c23)cc1. The molecule has 6 heteroatoms. The van der Waals surface area contributed by atoms with Gasteiger partial charge >= 0.3 is 0 Å². The highest BCUT2D eigenvalue weighted by atomic mass is 32.1. The van der Waals surface area contributed by atoms with Gasteiger partial charge in [-0.25, -0.2) is 9.97 Å². The van der Waals surface area contributed by atoms with Gasteiger partial charge in [-0.05, 0) is 17.7 Å². The van der Waals surface area contributed by atoms with Crippen LogP contribution in [-0.2, 0) is 0 Å². The topological polar surface area (TPSA) is 73.1 Å². The molecule has 3 aromatic rings. The fourth-order valence-corrected chi connectivity index (χ4v) is 3.10. The molecule has 108 valence electrons. The number of nitrogens with one attached hydrogen (secondary N) is 1. The third-order valence-electron chi connectivity index (χ3n) is 3.21. The van der Waals surface area contributed by atoms with E-state index in [0.717, 1.165) is 32.9 Å². The largest absolute Gasteiger partial charge is 0.497 e. The Labute approximate surface area is 126 Å². The highest BCUT2D eigenvalue weighted by Crippen LogP contribution is 2.36. The number of hydrogen-bond acceptors (Lipinski definition) is 6. The minimum Gasteiger partial charge on any atom is -0.497 e. The summed E-state index contributed by atoms with van der Waals surface area (Å²) in [4.78, 5) is 9.65. The van der Waals surface area contributed by atoms with E-state index in [1.807, 2.05) is 24.3 Å². The van der Waals surface area contributed by atoms with Crippen molar-refractivity contribution in [1.29, 1.82) is 0 Å². The van der Waals surface area contributed by atoms with Crippen LogP contribution in [0, 0.1) is 0 Å². The van der Waals surface area contributed by atoms with E-state index in [9.17, 15) is 0 Å². The molecule has 0 bridgehead atoms. The number of nitrogens with zero attached hydrogens (tertiary/aromatic N) is 2. The Bertz CT molecular complexity index is 739. The first-order valence-corrected chi connectivity index (χ1v) is 7.52. The lowest BCUT2D eigenvalue weighted by Crippen LogP contribution is -2.14. The monoisotopic (exact) mass is 300 g/mol. The number of aromatic nitrogens is 2. The van der Waals surface area contributed by atoms with Crippen LogP contribution >= 0.6 is 11.3 Å². The number of thiophene rings is 1. The van der Waals surface area contributed by atoms with Gasteiger partial charge in [0.1, 0.15) is 22.7 Å². The van der Waals surface area contributed by atoms with Crippen molar-refractivity contribution in [3.05, 3.63) is 36.0 Å². The average molecular weight is 300 g/mol. The molecule has 0 aliphatic heterocycles. The number of ether oxygens (including phenoxy) is 1. The molecule has 3 N–H and O–H groups in total. The number of nitrogens with two attached hydrogens (primary N) is 1. The summed E-state index contributed by atoms with van der Waals surface area (Å²) in [6, 6.07) is 7.99. The predicted molar refractivity (Wildman–Crippen MR) is 86.9 cm³/mol. The summed E-state index contributed by atoms with van der Waals surface area (Å²) in [5.41, 5.74) is 7.80. The van der Waals surface area contributed by atoms with E-state index in [0.29, 0.717) is 13.1 Å². The van der Waals surface area contributed by atoms with Gasteiger partial charge in [0, 0.05) is 24.0 Å². The van der Waals surface area contributed by atoms with E-state index in [1.165, 1.54) is 0 Å². The summed E-state index contributed by atoms with van der Waals surface area (Å²) in [7, 11) is 1.66. The van der Waals surface area contributed by atoms with Gasteiger partial charge in [-0.2, -0.15) is 0 Å². The summed E-state index contributed by atoms with van der Waals surface area (Å²) in [6.07, 6.45) is 1.58. The number of hydrogen-bond donors (Lipinski definition) is 2. The maximum atomic E-state index is 5.56. The van der Waals surface area contributed by atoms with Crippen LogP contribution in [0.2, 0.25) is 0 Å². The zero-order chi connectivity index (χ0) is 14.7. The Kier molecular flexibility index (Phi) is 3.98. The van der Waals surface area contributed by atoms with Crippen molar-refractivity contribution in [2.45, 2.75) is 0 Å². The Hall–Kier alpha value is -2.18. The van der Waals surface area contributed by atoms with Crippen LogP contribution < -0.4 is 15.8 Å². The second-order valence-corrected chi connectivity index (χ2v) is 5.35. The van der Waals surface area contributed by atoms with Gasteiger partial charge in [0.15, 0.2) is 0 Å². The molecule has 0 amide bonds. The Balaban J connectivity index is 2.08. The first kappa shape index (κ1) is 13.8. The summed E-state index contributed by atoms with van der Waals surface area (Å²) >= 11 is 1.61. The summed E-state index contributed by atoms with van der Waals surface area (Å²) in [5.74, 6) is 1.67. The standard InChI is InChI=1S/C15H16N4OS/c1-20-11-4-2-10(3-5-11)12-8-21-15-13(12)14(17-7-6-16)18-9-19-15/h2-5,8-9H,6-7,16H2,1H3,(H,17,18,19). The first-order chi connectivity index (χ1) is 10.3. The molecule has 1 aromatic carbocycles. The van der Waals surface area contributed by atoms with Crippen LogP contribution in [0.4, 0.5) is 5.82 Å². The molecule has 2 aromatic heterocycles. The maximum absolute atomic E-state index is 5.56. The van der Waals surface area contributed by atoms with E-state index >= 15 is 0 Å². The molecule has 0 aliphatic rings. The van der Waals surface area contributed by atoms with Crippen LogP contribution in [0.15, 0.2) is 36.0 Å². The van der Waals surface area contributed by atoms with Crippen LogP contribution in [0.1, 0.15) is 0 Å². The highest BCUT2D eigenvalue weighted by Gasteiger charge is 2.12. The molecule has 0 saturated carbocycles. The molecule has 2 heterocycles. The molecule has 0 saturated heterocycles. The van der Waals surface area contributed by atoms with Gasteiger partial charge in [0.2, 0.25) is 0 Å². The number of benzene rings is 1. The van der Waals surface area contributed by atoms with Crippen LogP contribution in [-0.4, -0.2) is 30.2 Å². The van der Waals surface area contributed by atoms with Crippen LogP contribution in [0.3, 0.4) is 0 Å². The number of anilines is 1. The Morgan fingerprint density at radius 2 is 2.05 bits per heavy atom. The second kappa shape index (κ2) is 6.07. The fraction of sp³-hybridized carbons (Fsp3) is 0.200. The number of rotatable bonds is 5. The molecule has 0 aliphatic carbocycles. The normalized spacial score (nSPS) is 10.8. The smallest absolute Gasteiger partial charge is 0.138 e. The first-order valence-electron chi connectivity index (χ1n) is 6.64. The predicted octanol–water partition coefficient (Wildman–Crippen LogP) is 2.74. The van der Waals surface area contributed by atoms with Crippen molar-refractivity contribution in [3.8, 4) is 16.9 Å². The summed E-state index contributed by atoms with van der Waals surface area (Å²) < 4.78 is 5.20. The minimum absolute atomic E-state index is 0.563. The maximum Gasteiger partial charge on any atom is 0.138 e. The van der Waals surface area contributed by atoms with Crippen molar-refractivity contribution in [3.63, 3.8) is 0 Å². The second-order valence-electron chi connectivity index (χ2n) is 4.50. The molecule has 21 heavy (non-hydrogen) atoms. The van der Waals surface area contributed by atoms with Crippen molar-refractivity contribution < 1.29 is 4.74 Å². The molecule has 0 fully saturated rings. The fourth-order valence-electron chi connectivity index (χ4n) is 2.18. The van der Waals surface area contributed by atoms with Gasteiger partial charge in [-0.3, -0.25) is 0 Å². The third-order valence-corrected chi connectivity index (χ3v) is 4.09. The van der Waals surface area contributed by atoms with Crippen molar-refractivity contribution in [2.24, 2.45) is 5.73 Å².